The van der Waals surface area contributed by atoms with Crippen LogP contribution >= 0.6 is 21.6 Å². The van der Waals surface area contributed by atoms with E-state index >= 15 is 0 Å². The molecule has 0 aromatic heterocycles. The Bertz CT molecular complexity index is 1070. The third kappa shape index (κ3) is 4.21. The van der Waals surface area contributed by atoms with Crippen molar-refractivity contribution in [3.8, 4) is 22.3 Å². The quantitative estimate of drug-likeness (QED) is 0.292. The lowest BCUT2D eigenvalue weighted by Gasteiger charge is -2.17. The molecule has 0 radical (unpaired) electrons. The number of hydrogen-bond acceptors (Lipinski definition) is 2. The molecule has 4 rings (SSSR count). The van der Waals surface area contributed by atoms with Crippen molar-refractivity contribution in [2.45, 2.75) is 37.5 Å². The molecule has 0 aliphatic rings. The lowest BCUT2D eigenvalue weighted by molar-refractivity contribution is 1.22. The molecule has 2 heteroatoms. The zero-order chi connectivity index (χ0) is 21.1. The molecule has 150 valence electrons. The van der Waals surface area contributed by atoms with Crippen LogP contribution in [0.4, 0.5) is 0 Å². The van der Waals surface area contributed by atoms with E-state index in [1.807, 2.05) is 21.6 Å². The first-order chi connectivity index (χ1) is 14.6. The first kappa shape index (κ1) is 20.8. The van der Waals surface area contributed by atoms with Crippen molar-refractivity contribution in [3.05, 3.63) is 107 Å². The summed E-state index contributed by atoms with van der Waals surface area (Å²) in [6.45, 7) is 8.92. The van der Waals surface area contributed by atoms with Crippen LogP contribution in [0.15, 0.2) is 94.7 Å². The van der Waals surface area contributed by atoms with Gasteiger partial charge in [-0.15, -0.1) is 0 Å². The number of benzene rings is 4. The molecular weight excluding hydrogens is 400 g/mol. The Kier molecular flexibility index (Phi) is 6.36. The van der Waals surface area contributed by atoms with Crippen molar-refractivity contribution in [2.75, 3.05) is 0 Å². The van der Waals surface area contributed by atoms with E-state index in [1.165, 1.54) is 54.3 Å². The van der Waals surface area contributed by atoms with Gasteiger partial charge in [-0.25, -0.2) is 0 Å². The molecule has 0 bridgehead atoms. The normalized spacial score (nSPS) is 10.9. The predicted molar refractivity (Wildman–Crippen MR) is 134 cm³/mol. The average Bonchev–Trinajstić information content (AvgIpc) is 2.77. The molecular formula is C28H26S2. The second kappa shape index (κ2) is 9.16. The number of rotatable bonds is 5. The molecule has 0 aliphatic heterocycles. The highest BCUT2D eigenvalue weighted by molar-refractivity contribution is 8.76. The van der Waals surface area contributed by atoms with Crippen molar-refractivity contribution < 1.29 is 0 Å². The molecule has 0 spiro atoms. The molecule has 0 saturated heterocycles. The number of aryl methyl sites for hydroxylation is 2. The van der Waals surface area contributed by atoms with E-state index in [1.54, 1.807) is 0 Å². The molecule has 0 unspecified atom stereocenters. The van der Waals surface area contributed by atoms with Crippen LogP contribution in [0.25, 0.3) is 22.3 Å². The summed E-state index contributed by atoms with van der Waals surface area (Å²) in [6.07, 6.45) is 0. The third-order valence-electron chi connectivity index (χ3n) is 5.58. The minimum atomic E-state index is 1.28. The van der Waals surface area contributed by atoms with Crippen LogP contribution in [0.1, 0.15) is 22.3 Å². The molecule has 30 heavy (non-hydrogen) atoms. The van der Waals surface area contributed by atoms with Crippen molar-refractivity contribution in [1.82, 2.24) is 0 Å². The fraction of sp³-hybridized carbons (Fsp3) is 0.143. The second-order valence-corrected chi connectivity index (χ2v) is 9.82. The van der Waals surface area contributed by atoms with Gasteiger partial charge < -0.3 is 0 Å². The highest BCUT2D eigenvalue weighted by atomic mass is 33.1. The predicted octanol–water partition coefficient (Wildman–Crippen LogP) is 9.05. The Hall–Kier alpha value is -2.42. The van der Waals surface area contributed by atoms with E-state index in [9.17, 15) is 0 Å². The minimum absolute atomic E-state index is 1.28. The molecule has 0 aliphatic carbocycles. The molecule has 0 saturated carbocycles. The van der Waals surface area contributed by atoms with Crippen molar-refractivity contribution in [3.63, 3.8) is 0 Å². The van der Waals surface area contributed by atoms with Crippen LogP contribution in [-0.2, 0) is 0 Å². The summed E-state index contributed by atoms with van der Waals surface area (Å²) in [5.74, 6) is 0. The lowest BCUT2D eigenvalue weighted by atomic mass is 9.99. The van der Waals surface area contributed by atoms with E-state index in [0.29, 0.717) is 0 Å². The zero-order valence-corrected chi connectivity index (χ0v) is 19.5. The van der Waals surface area contributed by atoms with Crippen molar-refractivity contribution >= 4 is 21.6 Å². The number of hydrogen-bond donors (Lipinski definition) is 0. The van der Waals surface area contributed by atoms with Gasteiger partial charge in [0, 0.05) is 9.79 Å². The highest BCUT2D eigenvalue weighted by Crippen LogP contribution is 2.46. The van der Waals surface area contributed by atoms with Crippen LogP contribution in [0, 0.1) is 27.7 Å². The summed E-state index contributed by atoms with van der Waals surface area (Å²) in [6, 6.07) is 30.3. The van der Waals surface area contributed by atoms with Gasteiger partial charge in [-0.3, -0.25) is 0 Å². The summed E-state index contributed by atoms with van der Waals surface area (Å²) in [4.78, 5) is 2.73. The Morgan fingerprint density at radius 2 is 0.800 bits per heavy atom. The van der Waals surface area contributed by atoms with E-state index in [0.717, 1.165) is 0 Å². The molecule has 0 atom stereocenters. The fourth-order valence-corrected chi connectivity index (χ4v) is 6.93. The first-order valence-corrected chi connectivity index (χ1v) is 12.4. The van der Waals surface area contributed by atoms with Gasteiger partial charge in [0.2, 0.25) is 0 Å². The highest BCUT2D eigenvalue weighted by Gasteiger charge is 2.14. The van der Waals surface area contributed by atoms with Crippen LogP contribution < -0.4 is 0 Å². The fourth-order valence-electron chi connectivity index (χ4n) is 3.85. The van der Waals surface area contributed by atoms with Crippen LogP contribution in [0.2, 0.25) is 0 Å². The Morgan fingerprint density at radius 3 is 1.17 bits per heavy atom. The van der Waals surface area contributed by atoms with Gasteiger partial charge in [0.25, 0.3) is 0 Å². The van der Waals surface area contributed by atoms with Crippen molar-refractivity contribution in [1.29, 1.82) is 0 Å². The van der Waals surface area contributed by atoms with Crippen molar-refractivity contribution in [2.24, 2.45) is 0 Å². The summed E-state index contributed by atoms with van der Waals surface area (Å²) < 4.78 is 0. The van der Waals surface area contributed by atoms with E-state index in [4.69, 9.17) is 0 Å². The Balaban J connectivity index is 1.68. The van der Waals surface area contributed by atoms with Gasteiger partial charge in [0.05, 0.1) is 0 Å². The Labute approximate surface area is 188 Å². The maximum absolute atomic E-state index is 2.25. The van der Waals surface area contributed by atoms with Crippen LogP contribution in [-0.4, -0.2) is 0 Å². The van der Waals surface area contributed by atoms with Gasteiger partial charge in [0.1, 0.15) is 0 Å². The third-order valence-corrected chi connectivity index (χ3v) is 8.51. The lowest BCUT2D eigenvalue weighted by Crippen LogP contribution is -1.91. The topological polar surface area (TPSA) is 0 Å². The second-order valence-electron chi connectivity index (χ2n) is 7.67. The van der Waals surface area contributed by atoms with Gasteiger partial charge in [-0.05, 0) is 72.2 Å². The summed E-state index contributed by atoms with van der Waals surface area (Å²) >= 11 is 0. The van der Waals surface area contributed by atoms with Gasteiger partial charge >= 0.3 is 0 Å². The Morgan fingerprint density at radius 1 is 0.433 bits per heavy atom. The molecule has 0 amide bonds. The molecule has 4 aromatic rings. The van der Waals surface area contributed by atoms with E-state index in [2.05, 4.69) is 113 Å². The smallest absolute Gasteiger partial charge is 0.0250 e. The SMILES string of the molecule is Cc1ccc(-c2ccccc2)c(C)c1SSc1c(C)ccc(-c2ccccc2)c1C. The van der Waals surface area contributed by atoms with Crippen LogP contribution in [0.5, 0.6) is 0 Å². The van der Waals surface area contributed by atoms with Crippen LogP contribution in [0.3, 0.4) is 0 Å². The van der Waals surface area contributed by atoms with Gasteiger partial charge in [-0.1, -0.05) is 107 Å². The van der Waals surface area contributed by atoms with Gasteiger partial charge in [0.15, 0.2) is 0 Å². The minimum Gasteiger partial charge on any atom is -0.0622 e. The summed E-state index contributed by atoms with van der Waals surface area (Å²) in [7, 11) is 3.77. The molecule has 0 heterocycles. The maximum atomic E-state index is 2.25. The average molecular weight is 427 g/mol. The zero-order valence-electron chi connectivity index (χ0n) is 17.9. The maximum Gasteiger partial charge on any atom is 0.0250 e. The molecule has 0 N–H and O–H groups in total. The van der Waals surface area contributed by atoms with E-state index in [-0.39, 0.29) is 0 Å². The molecule has 4 aromatic carbocycles. The van der Waals surface area contributed by atoms with E-state index < -0.39 is 0 Å². The molecule has 0 nitrogen and oxygen atoms in total. The monoisotopic (exact) mass is 426 g/mol. The summed E-state index contributed by atoms with van der Waals surface area (Å²) in [5.41, 5.74) is 10.6. The largest absolute Gasteiger partial charge is 0.0622 e. The van der Waals surface area contributed by atoms with Gasteiger partial charge in [-0.2, -0.15) is 0 Å². The summed E-state index contributed by atoms with van der Waals surface area (Å²) in [5, 5.41) is 0. The standard InChI is InChI=1S/C28H26S2/c1-19-15-17-25(23-11-7-5-8-12-23)21(3)27(19)29-30-28-20(2)16-18-26(22(28)4)24-13-9-6-10-14-24/h5-18H,1-4H3. The molecule has 0 fully saturated rings. The first-order valence-electron chi connectivity index (χ1n) is 10.2.